The highest BCUT2D eigenvalue weighted by atomic mass is 16.5. The van der Waals surface area contributed by atoms with Crippen LogP contribution in [0.4, 0.5) is 0 Å². The van der Waals surface area contributed by atoms with Gasteiger partial charge in [0.1, 0.15) is 0 Å². The first-order valence-corrected chi connectivity index (χ1v) is 25.7. The fourth-order valence-electron chi connectivity index (χ4n) is 7.68. The van der Waals surface area contributed by atoms with Crippen molar-refractivity contribution in [2.75, 3.05) is 13.2 Å². The number of hydrogen-bond acceptors (Lipinski definition) is 5. The summed E-state index contributed by atoms with van der Waals surface area (Å²) in [7, 11) is 0. The Morgan fingerprint density at radius 3 is 1.41 bits per heavy atom. The molecular weight excluding hydrogens is 731 g/mol. The van der Waals surface area contributed by atoms with Crippen molar-refractivity contribution in [3.8, 4) is 0 Å². The number of rotatable bonds is 47. The van der Waals surface area contributed by atoms with E-state index in [1.54, 1.807) is 0 Å². The summed E-state index contributed by atoms with van der Waals surface area (Å²) >= 11 is 0. The molecule has 0 aliphatic carbocycles. The number of carbonyl (C=O) groups is 2. The predicted molar refractivity (Wildman–Crippen MR) is 255 cm³/mol. The zero-order chi connectivity index (χ0) is 43.0. The van der Waals surface area contributed by atoms with Crippen molar-refractivity contribution >= 4 is 11.9 Å². The molecule has 0 aliphatic heterocycles. The maximum atomic E-state index is 12.4. The predicted octanol–water partition coefficient (Wildman–Crippen LogP) is 15.3. The molecule has 0 heterocycles. The summed E-state index contributed by atoms with van der Waals surface area (Å²) in [5.74, 6) is -0.147. The van der Waals surface area contributed by atoms with Crippen LogP contribution in [0, 0.1) is 0 Å². The molecule has 3 N–H and O–H groups in total. The number of aliphatic hydroxyl groups excluding tert-OH is 2. The second kappa shape index (κ2) is 48.7. The molecule has 0 aromatic carbocycles. The third kappa shape index (κ3) is 45.4. The fourth-order valence-corrected chi connectivity index (χ4v) is 7.68. The highest BCUT2D eigenvalue weighted by molar-refractivity contribution is 5.76. The van der Waals surface area contributed by atoms with Gasteiger partial charge < -0.3 is 20.3 Å². The third-order valence-corrected chi connectivity index (χ3v) is 11.6. The second-order valence-corrected chi connectivity index (χ2v) is 17.5. The van der Waals surface area contributed by atoms with Crippen molar-refractivity contribution in [3.05, 3.63) is 36.5 Å². The molecule has 0 fully saturated rings. The second-order valence-electron chi connectivity index (χ2n) is 17.5. The lowest BCUT2D eigenvalue weighted by Crippen LogP contribution is -2.45. The molecule has 0 spiro atoms. The first-order chi connectivity index (χ1) is 29.0. The molecule has 59 heavy (non-hydrogen) atoms. The average molecular weight is 830 g/mol. The van der Waals surface area contributed by atoms with Crippen LogP contribution in [-0.2, 0) is 14.3 Å². The molecule has 0 rings (SSSR count). The van der Waals surface area contributed by atoms with Crippen LogP contribution in [0.5, 0.6) is 0 Å². The van der Waals surface area contributed by atoms with Crippen LogP contribution in [0.3, 0.4) is 0 Å². The Balaban J connectivity index is 3.55. The van der Waals surface area contributed by atoms with E-state index in [9.17, 15) is 19.8 Å². The van der Waals surface area contributed by atoms with E-state index < -0.39 is 12.1 Å². The van der Waals surface area contributed by atoms with Crippen molar-refractivity contribution in [2.24, 2.45) is 0 Å². The van der Waals surface area contributed by atoms with Gasteiger partial charge in [-0.3, -0.25) is 9.59 Å². The smallest absolute Gasteiger partial charge is 0.305 e. The summed E-state index contributed by atoms with van der Waals surface area (Å²) in [5, 5.41) is 23.2. The van der Waals surface area contributed by atoms with Gasteiger partial charge in [-0.15, -0.1) is 0 Å². The number of hydrogen-bond donors (Lipinski definition) is 3. The largest absolute Gasteiger partial charge is 0.466 e. The van der Waals surface area contributed by atoms with Crippen molar-refractivity contribution < 1.29 is 24.5 Å². The van der Waals surface area contributed by atoms with E-state index in [2.05, 4.69) is 55.6 Å². The number of allylic oxidation sites excluding steroid dienone is 6. The molecule has 346 valence electrons. The van der Waals surface area contributed by atoms with E-state index in [1.165, 1.54) is 148 Å². The lowest BCUT2D eigenvalue weighted by Gasteiger charge is -2.22. The Morgan fingerprint density at radius 1 is 0.475 bits per heavy atom. The summed E-state index contributed by atoms with van der Waals surface area (Å²) in [5.41, 5.74) is 0. The lowest BCUT2D eigenvalue weighted by atomic mass is 10.0. The SMILES string of the molecule is CCC/C=C\C/C=C\CCCCCCCC(=O)OCCCCCC/C=C\CCCC(=O)NC(CO)C(O)CCCCCCCCCCCCCCCCCCCCCC. The molecule has 2 atom stereocenters. The summed E-state index contributed by atoms with van der Waals surface area (Å²) in [4.78, 5) is 24.4. The molecule has 1 amide bonds. The van der Waals surface area contributed by atoms with Gasteiger partial charge in [-0.2, -0.15) is 0 Å². The van der Waals surface area contributed by atoms with E-state index in [0.717, 1.165) is 83.5 Å². The minimum Gasteiger partial charge on any atom is -0.466 e. The van der Waals surface area contributed by atoms with Crippen LogP contribution in [0.1, 0.15) is 264 Å². The average Bonchev–Trinajstić information content (AvgIpc) is 3.24. The third-order valence-electron chi connectivity index (χ3n) is 11.6. The van der Waals surface area contributed by atoms with Crippen molar-refractivity contribution in [3.63, 3.8) is 0 Å². The number of esters is 1. The zero-order valence-electron chi connectivity index (χ0n) is 39.2. The number of carbonyl (C=O) groups excluding carboxylic acids is 2. The Morgan fingerprint density at radius 2 is 0.898 bits per heavy atom. The van der Waals surface area contributed by atoms with Gasteiger partial charge in [-0.05, 0) is 70.6 Å². The Labute approximate surface area is 366 Å². The number of unbranched alkanes of at least 4 members (excludes halogenated alkanes) is 30. The first-order valence-electron chi connectivity index (χ1n) is 25.7. The summed E-state index contributed by atoms with van der Waals surface area (Å²) < 4.78 is 5.42. The number of amides is 1. The molecule has 0 aliphatic rings. The standard InChI is InChI=1S/C53H99NO5/c1-3-5-7-9-11-13-15-17-18-19-20-21-22-23-25-26-29-33-37-41-45-51(56)50(49-55)54-52(57)46-42-38-34-30-28-32-36-40-44-48-59-53(58)47-43-39-35-31-27-24-16-14-12-10-8-6-4-2/h8,10,14,16,30,34,50-51,55-56H,3-7,9,11-13,15,17-29,31-33,35-49H2,1-2H3,(H,54,57)/b10-8-,16-14-,34-30-. The molecule has 0 aromatic rings. The highest BCUT2D eigenvalue weighted by Gasteiger charge is 2.20. The van der Waals surface area contributed by atoms with Gasteiger partial charge in [0.15, 0.2) is 0 Å². The normalized spacial score (nSPS) is 12.9. The van der Waals surface area contributed by atoms with Crippen molar-refractivity contribution in [1.29, 1.82) is 0 Å². The van der Waals surface area contributed by atoms with Crippen LogP contribution in [0.15, 0.2) is 36.5 Å². The Bertz CT molecular complexity index is 962. The number of aliphatic hydroxyl groups is 2. The highest BCUT2D eigenvalue weighted by Crippen LogP contribution is 2.16. The van der Waals surface area contributed by atoms with E-state index in [4.69, 9.17) is 4.74 Å². The Hall–Kier alpha value is -1.92. The molecule has 2 unspecified atom stereocenters. The topological polar surface area (TPSA) is 95.9 Å². The maximum absolute atomic E-state index is 12.4. The minimum atomic E-state index is -0.697. The first kappa shape index (κ1) is 57.1. The lowest BCUT2D eigenvalue weighted by molar-refractivity contribution is -0.143. The number of ether oxygens (including phenoxy) is 1. The van der Waals surface area contributed by atoms with Gasteiger partial charge in [-0.1, -0.05) is 217 Å². The van der Waals surface area contributed by atoms with Gasteiger partial charge in [0.25, 0.3) is 0 Å². The molecular formula is C53H99NO5. The van der Waals surface area contributed by atoms with E-state index in [-0.39, 0.29) is 18.5 Å². The van der Waals surface area contributed by atoms with Crippen LogP contribution < -0.4 is 5.32 Å². The maximum Gasteiger partial charge on any atom is 0.305 e. The summed E-state index contributed by atoms with van der Waals surface area (Å²) in [6.07, 6.45) is 58.4. The van der Waals surface area contributed by atoms with E-state index >= 15 is 0 Å². The summed E-state index contributed by atoms with van der Waals surface area (Å²) in [6.45, 7) is 4.79. The van der Waals surface area contributed by atoms with Gasteiger partial charge in [0.05, 0.1) is 25.4 Å². The number of nitrogens with one attached hydrogen (secondary N) is 1. The monoisotopic (exact) mass is 830 g/mol. The van der Waals surface area contributed by atoms with Gasteiger partial charge in [0, 0.05) is 12.8 Å². The van der Waals surface area contributed by atoms with Crippen LogP contribution in [0.2, 0.25) is 0 Å². The minimum absolute atomic E-state index is 0.0510. The van der Waals surface area contributed by atoms with E-state index in [0.29, 0.717) is 25.9 Å². The Kier molecular flexibility index (Phi) is 47.2. The molecule has 0 saturated carbocycles. The summed E-state index contributed by atoms with van der Waals surface area (Å²) in [6, 6.07) is -0.581. The fraction of sp³-hybridized carbons (Fsp3) is 0.849. The molecule has 0 aromatic heterocycles. The molecule has 6 heteroatoms. The van der Waals surface area contributed by atoms with Crippen LogP contribution >= 0.6 is 0 Å². The quantitative estimate of drug-likeness (QED) is 0.0323. The zero-order valence-corrected chi connectivity index (χ0v) is 39.2. The van der Waals surface area contributed by atoms with Crippen molar-refractivity contribution in [2.45, 2.75) is 276 Å². The molecule has 0 radical (unpaired) electrons. The molecule has 0 bridgehead atoms. The van der Waals surface area contributed by atoms with Gasteiger partial charge in [-0.25, -0.2) is 0 Å². The van der Waals surface area contributed by atoms with Crippen LogP contribution in [-0.4, -0.2) is 47.4 Å². The molecule has 0 saturated heterocycles. The molecule has 6 nitrogen and oxygen atoms in total. The van der Waals surface area contributed by atoms with Crippen molar-refractivity contribution in [1.82, 2.24) is 5.32 Å². The van der Waals surface area contributed by atoms with Gasteiger partial charge in [0.2, 0.25) is 5.91 Å². The van der Waals surface area contributed by atoms with Gasteiger partial charge >= 0.3 is 5.97 Å². The van der Waals surface area contributed by atoms with E-state index in [1.807, 2.05) is 0 Å². The van der Waals surface area contributed by atoms with Crippen LogP contribution in [0.25, 0.3) is 0 Å².